The Morgan fingerprint density at radius 2 is 1.79 bits per heavy atom. The third-order valence-electron chi connectivity index (χ3n) is 4.17. The highest BCUT2D eigenvalue weighted by atomic mass is 19.1. The summed E-state index contributed by atoms with van der Waals surface area (Å²) in [5, 5.41) is 14.0. The third-order valence-corrected chi connectivity index (χ3v) is 4.17. The van der Waals surface area contributed by atoms with Crippen molar-refractivity contribution in [2.45, 2.75) is 26.8 Å². The maximum atomic E-state index is 13.7. The van der Waals surface area contributed by atoms with Gasteiger partial charge in [0.25, 0.3) is 0 Å². The minimum atomic E-state index is -0.332. The first-order valence-corrected chi connectivity index (χ1v) is 7.98. The summed E-state index contributed by atoms with van der Waals surface area (Å²) in [4.78, 5) is 9.03. The Hall–Kier alpha value is -2.69. The Balaban J connectivity index is 2.19. The number of nitrogens with zero attached hydrogens (tertiary/aromatic N) is 2. The number of aromatic nitrogens is 2. The molecule has 1 unspecified atom stereocenters. The van der Waals surface area contributed by atoms with Gasteiger partial charge in [-0.3, -0.25) is 0 Å². The summed E-state index contributed by atoms with van der Waals surface area (Å²) in [6.45, 7) is 6.26. The van der Waals surface area contributed by atoms with Crippen molar-refractivity contribution < 1.29 is 9.50 Å². The van der Waals surface area contributed by atoms with Gasteiger partial charge in [-0.1, -0.05) is 26.0 Å². The highest BCUT2D eigenvalue weighted by molar-refractivity contribution is 5.91. The zero-order valence-electron chi connectivity index (χ0n) is 13.9. The van der Waals surface area contributed by atoms with Crippen LogP contribution in [0.4, 0.5) is 10.2 Å². The first-order valence-electron chi connectivity index (χ1n) is 7.98. The number of para-hydroxylation sites is 1. The van der Waals surface area contributed by atoms with Crippen molar-refractivity contribution >= 4 is 16.7 Å². The van der Waals surface area contributed by atoms with Crippen LogP contribution in [0.2, 0.25) is 0 Å². The lowest BCUT2D eigenvalue weighted by atomic mass is 10.1. The molecule has 0 aliphatic carbocycles. The molecule has 0 aliphatic rings. The van der Waals surface area contributed by atoms with Crippen molar-refractivity contribution in [1.82, 2.24) is 9.97 Å². The largest absolute Gasteiger partial charge is 0.507 e. The minimum absolute atomic E-state index is 0.113. The third kappa shape index (κ3) is 3.15. The Morgan fingerprint density at radius 1 is 1.04 bits per heavy atom. The molecule has 0 bridgehead atoms. The van der Waals surface area contributed by atoms with E-state index in [1.165, 1.54) is 12.1 Å². The van der Waals surface area contributed by atoms with Gasteiger partial charge in [-0.2, -0.15) is 0 Å². The summed E-state index contributed by atoms with van der Waals surface area (Å²) in [7, 11) is 0. The van der Waals surface area contributed by atoms with Crippen LogP contribution in [-0.2, 0) is 0 Å². The zero-order chi connectivity index (χ0) is 17.3. The van der Waals surface area contributed by atoms with Crippen molar-refractivity contribution in [1.29, 1.82) is 0 Å². The molecular weight excluding hydrogens is 305 g/mol. The lowest BCUT2D eigenvalue weighted by Crippen LogP contribution is -2.22. The summed E-state index contributed by atoms with van der Waals surface area (Å²) >= 11 is 0. The average molecular weight is 325 g/mol. The average Bonchev–Trinajstić information content (AvgIpc) is 2.55. The SMILES string of the molecule is CC(C)C(C)Nc1nc(-c2ccccc2O)nc2ccc(F)cc12. The fraction of sp³-hybridized carbons (Fsp3) is 0.263. The normalized spacial score (nSPS) is 12.5. The second-order valence-corrected chi connectivity index (χ2v) is 6.25. The molecule has 5 heteroatoms. The molecule has 1 atom stereocenters. The molecule has 3 aromatic rings. The molecule has 1 heterocycles. The summed E-state index contributed by atoms with van der Waals surface area (Å²) in [6.07, 6.45) is 0. The molecule has 1 aromatic heterocycles. The highest BCUT2D eigenvalue weighted by Gasteiger charge is 2.15. The van der Waals surface area contributed by atoms with Crippen LogP contribution >= 0.6 is 0 Å². The van der Waals surface area contributed by atoms with Gasteiger partial charge in [-0.05, 0) is 43.2 Å². The number of fused-ring (bicyclic) bond motifs is 1. The van der Waals surface area contributed by atoms with Crippen LogP contribution in [0.1, 0.15) is 20.8 Å². The topological polar surface area (TPSA) is 58.0 Å². The van der Waals surface area contributed by atoms with Gasteiger partial charge in [0.2, 0.25) is 0 Å². The number of phenolic OH excluding ortho intramolecular Hbond substituents is 1. The van der Waals surface area contributed by atoms with Crippen molar-refractivity contribution in [2.75, 3.05) is 5.32 Å². The van der Waals surface area contributed by atoms with Crippen molar-refractivity contribution in [3.8, 4) is 17.1 Å². The molecule has 0 radical (unpaired) electrons. The van der Waals surface area contributed by atoms with Crippen LogP contribution in [-0.4, -0.2) is 21.1 Å². The molecule has 2 aromatic carbocycles. The summed E-state index contributed by atoms with van der Waals surface area (Å²) in [5.74, 6) is 1.14. The number of hydrogen-bond donors (Lipinski definition) is 2. The summed E-state index contributed by atoms with van der Waals surface area (Å²) in [5.41, 5.74) is 1.17. The zero-order valence-corrected chi connectivity index (χ0v) is 13.9. The maximum absolute atomic E-state index is 13.7. The second-order valence-electron chi connectivity index (χ2n) is 6.25. The Bertz CT molecular complexity index is 880. The van der Waals surface area contributed by atoms with E-state index in [-0.39, 0.29) is 17.6 Å². The van der Waals surface area contributed by atoms with Gasteiger partial charge in [0.05, 0.1) is 11.1 Å². The van der Waals surface area contributed by atoms with Crippen LogP contribution in [0, 0.1) is 11.7 Å². The standard InChI is InChI=1S/C19H20FN3O/c1-11(2)12(3)21-19-15-10-13(20)8-9-16(15)22-18(23-19)14-6-4-5-7-17(14)24/h4-12,24H,1-3H3,(H,21,22,23). The highest BCUT2D eigenvalue weighted by Crippen LogP contribution is 2.30. The number of phenols is 1. The van der Waals surface area contributed by atoms with Gasteiger partial charge in [-0.25, -0.2) is 14.4 Å². The number of aromatic hydroxyl groups is 1. The van der Waals surface area contributed by atoms with Crippen molar-refractivity contribution in [3.05, 3.63) is 48.3 Å². The van der Waals surface area contributed by atoms with E-state index in [0.29, 0.717) is 34.0 Å². The van der Waals surface area contributed by atoms with Crippen molar-refractivity contribution in [3.63, 3.8) is 0 Å². The van der Waals surface area contributed by atoms with Crippen LogP contribution in [0.15, 0.2) is 42.5 Å². The predicted molar refractivity (Wildman–Crippen MR) is 94.5 cm³/mol. The lowest BCUT2D eigenvalue weighted by Gasteiger charge is -2.20. The first-order chi connectivity index (χ1) is 11.5. The number of hydrogen-bond acceptors (Lipinski definition) is 4. The van der Waals surface area contributed by atoms with E-state index in [1.54, 1.807) is 24.3 Å². The van der Waals surface area contributed by atoms with E-state index >= 15 is 0 Å². The van der Waals surface area contributed by atoms with Crippen LogP contribution in [0.25, 0.3) is 22.3 Å². The Kier molecular flexibility index (Phi) is 4.34. The van der Waals surface area contributed by atoms with E-state index < -0.39 is 0 Å². The first kappa shape index (κ1) is 16.2. The molecule has 2 N–H and O–H groups in total. The van der Waals surface area contributed by atoms with Gasteiger partial charge in [0.15, 0.2) is 5.82 Å². The molecule has 24 heavy (non-hydrogen) atoms. The van der Waals surface area contributed by atoms with Crippen LogP contribution < -0.4 is 5.32 Å². The van der Waals surface area contributed by atoms with E-state index in [9.17, 15) is 9.50 Å². The summed E-state index contributed by atoms with van der Waals surface area (Å²) < 4.78 is 13.7. The quantitative estimate of drug-likeness (QED) is 0.736. The molecule has 0 spiro atoms. The molecule has 0 amide bonds. The van der Waals surface area contributed by atoms with Gasteiger partial charge >= 0.3 is 0 Å². The molecule has 3 rings (SSSR count). The van der Waals surface area contributed by atoms with E-state index in [2.05, 4.69) is 36.1 Å². The number of benzene rings is 2. The number of anilines is 1. The fourth-order valence-electron chi connectivity index (χ4n) is 2.38. The molecule has 4 nitrogen and oxygen atoms in total. The Labute approximate surface area is 140 Å². The monoisotopic (exact) mass is 325 g/mol. The summed E-state index contributed by atoms with van der Waals surface area (Å²) in [6, 6.07) is 11.5. The maximum Gasteiger partial charge on any atom is 0.165 e. The van der Waals surface area contributed by atoms with E-state index in [1.807, 2.05) is 6.07 Å². The van der Waals surface area contributed by atoms with Crippen molar-refractivity contribution in [2.24, 2.45) is 5.92 Å². The van der Waals surface area contributed by atoms with Gasteiger partial charge in [0.1, 0.15) is 17.4 Å². The number of nitrogens with one attached hydrogen (secondary N) is 1. The van der Waals surface area contributed by atoms with Gasteiger partial charge < -0.3 is 10.4 Å². The molecule has 0 aliphatic heterocycles. The number of halogens is 1. The fourth-order valence-corrected chi connectivity index (χ4v) is 2.38. The smallest absolute Gasteiger partial charge is 0.165 e. The van der Waals surface area contributed by atoms with E-state index in [4.69, 9.17) is 0 Å². The van der Waals surface area contributed by atoms with Gasteiger partial charge in [-0.15, -0.1) is 0 Å². The molecular formula is C19H20FN3O. The van der Waals surface area contributed by atoms with Crippen LogP contribution in [0.5, 0.6) is 5.75 Å². The predicted octanol–water partition coefficient (Wildman–Crippen LogP) is 4.60. The minimum Gasteiger partial charge on any atom is -0.507 e. The Morgan fingerprint density at radius 3 is 2.50 bits per heavy atom. The molecule has 124 valence electrons. The molecule has 0 saturated carbocycles. The van der Waals surface area contributed by atoms with Crippen LogP contribution in [0.3, 0.4) is 0 Å². The lowest BCUT2D eigenvalue weighted by molar-refractivity contribution is 0.477. The molecule has 0 fully saturated rings. The van der Waals surface area contributed by atoms with Gasteiger partial charge in [0, 0.05) is 11.4 Å². The molecule has 0 saturated heterocycles. The second kappa shape index (κ2) is 6.43. The number of rotatable bonds is 4. The van der Waals surface area contributed by atoms with E-state index in [0.717, 1.165) is 0 Å².